The monoisotopic (exact) mass is 326 g/mol. The molecule has 0 amide bonds. The van der Waals surface area contributed by atoms with Gasteiger partial charge in [-0.25, -0.2) is 0 Å². The normalized spacial score (nSPS) is 13.2. The van der Waals surface area contributed by atoms with Crippen LogP contribution in [0.15, 0.2) is 60.7 Å². The number of aryl methyl sites for hydroxylation is 2. The zero-order valence-corrected chi connectivity index (χ0v) is 14.2. The summed E-state index contributed by atoms with van der Waals surface area (Å²) in [5, 5.41) is 10.3. The van der Waals surface area contributed by atoms with E-state index in [0.717, 1.165) is 19.3 Å². The van der Waals surface area contributed by atoms with Gasteiger partial charge in [-0.3, -0.25) is 4.79 Å². The van der Waals surface area contributed by atoms with Crippen molar-refractivity contribution < 1.29 is 14.6 Å². The molecule has 2 rings (SSSR count). The molecule has 0 aliphatic carbocycles. The molecule has 0 aliphatic heterocycles. The molecule has 0 saturated carbocycles. The van der Waals surface area contributed by atoms with Crippen LogP contribution in [0.5, 0.6) is 0 Å². The lowest BCUT2D eigenvalue weighted by molar-refractivity contribution is -0.148. The lowest BCUT2D eigenvalue weighted by Gasteiger charge is -2.20. The minimum atomic E-state index is -0.467. The number of aliphatic hydroxyl groups is 1. The summed E-state index contributed by atoms with van der Waals surface area (Å²) in [5.74, 6) is -0.289. The summed E-state index contributed by atoms with van der Waals surface area (Å²) in [4.78, 5) is 11.3. The molecule has 3 nitrogen and oxygen atoms in total. The first-order chi connectivity index (χ1) is 11.6. The number of esters is 1. The largest absolute Gasteiger partial charge is 0.462 e. The molecule has 0 spiro atoms. The van der Waals surface area contributed by atoms with E-state index < -0.39 is 6.10 Å². The zero-order chi connectivity index (χ0) is 17.2. The molecule has 0 aromatic heterocycles. The van der Waals surface area contributed by atoms with Crippen LogP contribution in [0.2, 0.25) is 0 Å². The Labute approximate surface area is 144 Å². The molecule has 24 heavy (non-hydrogen) atoms. The van der Waals surface area contributed by atoms with Gasteiger partial charge in [-0.1, -0.05) is 60.7 Å². The maximum Gasteiger partial charge on any atom is 0.302 e. The maximum atomic E-state index is 11.3. The quantitative estimate of drug-likeness (QED) is 0.710. The highest BCUT2D eigenvalue weighted by Gasteiger charge is 2.17. The molecule has 0 saturated heterocycles. The van der Waals surface area contributed by atoms with Crippen molar-refractivity contribution in [3.05, 3.63) is 71.8 Å². The number of rotatable bonds is 9. The minimum Gasteiger partial charge on any atom is -0.462 e. The Morgan fingerprint density at radius 3 is 1.92 bits per heavy atom. The van der Waals surface area contributed by atoms with Gasteiger partial charge in [0.1, 0.15) is 6.10 Å². The molecule has 2 unspecified atom stereocenters. The highest BCUT2D eigenvalue weighted by atomic mass is 16.5. The fourth-order valence-electron chi connectivity index (χ4n) is 2.83. The summed E-state index contributed by atoms with van der Waals surface area (Å²) < 4.78 is 5.40. The molecular formula is C21H26O3. The Morgan fingerprint density at radius 1 is 0.917 bits per heavy atom. The van der Waals surface area contributed by atoms with Crippen molar-refractivity contribution in [2.45, 2.75) is 51.2 Å². The van der Waals surface area contributed by atoms with Crippen LogP contribution in [0, 0.1) is 0 Å². The Bertz CT molecular complexity index is 595. The van der Waals surface area contributed by atoms with Crippen LogP contribution >= 0.6 is 0 Å². The van der Waals surface area contributed by atoms with Gasteiger partial charge in [-0.15, -0.1) is 0 Å². The molecule has 2 aromatic carbocycles. The van der Waals surface area contributed by atoms with E-state index in [9.17, 15) is 9.90 Å². The van der Waals surface area contributed by atoms with Crippen molar-refractivity contribution >= 4 is 5.97 Å². The second-order valence-corrected chi connectivity index (χ2v) is 6.17. The van der Waals surface area contributed by atoms with Gasteiger partial charge in [0.2, 0.25) is 0 Å². The first-order valence-corrected chi connectivity index (χ1v) is 8.56. The van der Waals surface area contributed by atoms with E-state index >= 15 is 0 Å². The summed E-state index contributed by atoms with van der Waals surface area (Å²) in [6, 6.07) is 20.2. The van der Waals surface area contributed by atoms with Crippen LogP contribution < -0.4 is 0 Å². The van der Waals surface area contributed by atoms with Crippen LogP contribution in [0.1, 0.15) is 37.3 Å². The van der Waals surface area contributed by atoms with Gasteiger partial charge in [0, 0.05) is 13.3 Å². The van der Waals surface area contributed by atoms with Crippen molar-refractivity contribution in [2.75, 3.05) is 0 Å². The van der Waals surface area contributed by atoms with Gasteiger partial charge in [0.25, 0.3) is 0 Å². The number of aliphatic hydroxyl groups excluding tert-OH is 1. The Balaban J connectivity index is 1.81. The van der Waals surface area contributed by atoms with Gasteiger partial charge >= 0.3 is 5.97 Å². The van der Waals surface area contributed by atoms with E-state index in [1.165, 1.54) is 18.1 Å². The lowest BCUT2D eigenvalue weighted by Crippen LogP contribution is -2.24. The molecule has 0 fully saturated rings. The summed E-state index contributed by atoms with van der Waals surface area (Å²) >= 11 is 0. The lowest BCUT2D eigenvalue weighted by atomic mass is 9.99. The van der Waals surface area contributed by atoms with Gasteiger partial charge in [-0.05, 0) is 36.8 Å². The summed E-state index contributed by atoms with van der Waals surface area (Å²) in [7, 11) is 0. The van der Waals surface area contributed by atoms with Crippen molar-refractivity contribution in [3.63, 3.8) is 0 Å². The van der Waals surface area contributed by atoms with E-state index in [1.54, 1.807) is 0 Å². The molecule has 2 aromatic rings. The summed E-state index contributed by atoms with van der Waals surface area (Å²) in [6.07, 6.45) is 2.84. The first kappa shape index (κ1) is 18.2. The SMILES string of the molecule is CC(=O)OC(CCc1ccccc1)CC(O)CCc1ccccc1. The molecular weight excluding hydrogens is 300 g/mol. The van der Waals surface area contributed by atoms with Crippen LogP contribution in [0.3, 0.4) is 0 Å². The van der Waals surface area contributed by atoms with Crippen molar-refractivity contribution in [1.82, 2.24) is 0 Å². The van der Waals surface area contributed by atoms with Crippen LogP contribution in [-0.4, -0.2) is 23.3 Å². The van der Waals surface area contributed by atoms with Crippen molar-refractivity contribution in [2.24, 2.45) is 0 Å². The van der Waals surface area contributed by atoms with Gasteiger partial charge in [-0.2, -0.15) is 0 Å². The van der Waals surface area contributed by atoms with Crippen molar-refractivity contribution in [1.29, 1.82) is 0 Å². The molecule has 0 radical (unpaired) electrons. The summed E-state index contributed by atoms with van der Waals surface area (Å²) in [5.41, 5.74) is 2.43. The fraction of sp³-hybridized carbons (Fsp3) is 0.381. The van der Waals surface area contributed by atoms with E-state index in [0.29, 0.717) is 12.8 Å². The molecule has 1 N–H and O–H groups in total. The van der Waals surface area contributed by atoms with Crippen molar-refractivity contribution in [3.8, 4) is 0 Å². The number of carbonyl (C=O) groups excluding carboxylic acids is 1. The van der Waals surface area contributed by atoms with E-state index in [-0.39, 0.29) is 12.1 Å². The van der Waals surface area contributed by atoms with E-state index in [1.807, 2.05) is 36.4 Å². The molecule has 0 heterocycles. The fourth-order valence-corrected chi connectivity index (χ4v) is 2.83. The number of benzene rings is 2. The highest BCUT2D eigenvalue weighted by Crippen LogP contribution is 2.16. The molecule has 0 bridgehead atoms. The molecule has 128 valence electrons. The second-order valence-electron chi connectivity index (χ2n) is 6.17. The smallest absolute Gasteiger partial charge is 0.302 e. The first-order valence-electron chi connectivity index (χ1n) is 8.56. The number of ether oxygens (including phenoxy) is 1. The van der Waals surface area contributed by atoms with Gasteiger partial charge < -0.3 is 9.84 Å². The molecule has 2 atom stereocenters. The Kier molecular flexibility index (Phi) is 7.50. The number of hydrogen-bond donors (Lipinski definition) is 1. The third-order valence-electron chi connectivity index (χ3n) is 4.07. The predicted molar refractivity (Wildman–Crippen MR) is 95.7 cm³/mol. The average Bonchev–Trinajstić information content (AvgIpc) is 2.59. The zero-order valence-electron chi connectivity index (χ0n) is 14.2. The minimum absolute atomic E-state index is 0.242. The topological polar surface area (TPSA) is 46.5 Å². The molecule has 0 aliphatic rings. The number of hydrogen-bond acceptors (Lipinski definition) is 3. The summed E-state index contributed by atoms with van der Waals surface area (Å²) in [6.45, 7) is 1.42. The van der Waals surface area contributed by atoms with Crippen LogP contribution in [0.4, 0.5) is 0 Å². The highest BCUT2D eigenvalue weighted by molar-refractivity contribution is 5.66. The van der Waals surface area contributed by atoms with E-state index in [2.05, 4.69) is 24.3 Å². The average molecular weight is 326 g/mol. The van der Waals surface area contributed by atoms with E-state index in [4.69, 9.17) is 4.74 Å². The second kappa shape index (κ2) is 9.89. The third-order valence-corrected chi connectivity index (χ3v) is 4.07. The van der Waals surface area contributed by atoms with Crippen LogP contribution in [0.25, 0.3) is 0 Å². The maximum absolute atomic E-state index is 11.3. The Hall–Kier alpha value is -2.13. The van der Waals surface area contributed by atoms with Crippen LogP contribution in [-0.2, 0) is 22.4 Å². The number of carbonyl (C=O) groups is 1. The third kappa shape index (κ3) is 6.97. The Morgan fingerprint density at radius 2 is 1.42 bits per heavy atom. The van der Waals surface area contributed by atoms with Gasteiger partial charge in [0.05, 0.1) is 6.10 Å². The predicted octanol–water partition coefficient (Wildman–Crippen LogP) is 3.93. The van der Waals surface area contributed by atoms with Gasteiger partial charge in [0.15, 0.2) is 0 Å². The molecule has 3 heteroatoms. The standard InChI is InChI=1S/C21H26O3/c1-17(22)24-21(15-13-19-10-6-3-7-11-19)16-20(23)14-12-18-8-4-2-5-9-18/h2-11,20-21,23H,12-16H2,1H3.